The van der Waals surface area contributed by atoms with E-state index >= 15 is 0 Å². The molecule has 1 rings (SSSR count). The van der Waals surface area contributed by atoms with E-state index in [-0.39, 0.29) is 0 Å². The third kappa shape index (κ3) is 16.1. The summed E-state index contributed by atoms with van der Waals surface area (Å²) >= 11 is 0. The minimum absolute atomic E-state index is 0.363. The van der Waals surface area contributed by atoms with E-state index < -0.39 is 0 Å². The van der Waals surface area contributed by atoms with Crippen LogP contribution in [0.2, 0.25) is 0 Å². The lowest BCUT2D eigenvalue weighted by atomic mass is 9.98. The topological polar surface area (TPSA) is 38.7 Å². The summed E-state index contributed by atoms with van der Waals surface area (Å²) in [4.78, 5) is 0. The average molecular weight is 371 g/mol. The van der Waals surface area contributed by atoms with Gasteiger partial charge in [0.25, 0.3) is 0 Å². The fraction of sp³-hybridized carbons (Fsp3) is 1.00. The Hall–Kier alpha value is -0.120. The Labute approximate surface area is 163 Å². The normalized spacial score (nSPS) is 15.6. The highest BCUT2D eigenvalue weighted by molar-refractivity contribution is 4.64. The van der Waals surface area contributed by atoms with Crippen molar-refractivity contribution in [1.29, 1.82) is 0 Å². The van der Waals surface area contributed by atoms with Gasteiger partial charge in [-0.1, -0.05) is 96.3 Å². The van der Waals surface area contributed by atoms with Gasteiger partial charge in [-0.05, 0) is 25.7 Å². The Morgan fingerprint density at radius 3 is 1.54 bits per heavy atom. The SMILES string of the molecule is OCCCCCCCCCCCCCCCCOCOC1CCCCC1. The Morgan fingerprint density at radius 2 is 1.04 bits per heavy atom. The average Bonchev–Trinajstić information content (AvgIpc) is 2.68. The molecule has 0 saturated heterocycles. The van der Waals surface area contributed by atoms with E-state index in [0.717, 1.165) is 13.0 Å². The summed E-state index contributed by atoms with van der Waals surface area (Å²) < 4.78 is 11.4. The van der Waals surface area contributed by atoms with E-state index in [1.807, 2.05) is 0 Å². The van der Waals surface area contributed by atoms with Crippen molar-refractivity contribution >= 4 is 0 Å². The van der Waals surface area contributed by atoms with Crippen molar-refractivity contribution in [2.75, 3.05) is 20.0 Å². The van der Waals surface area contributed by atoms with E-state index in [0.29, 0.717) is 19.5 Å². The molecular weight excluding hydrogens is 324 g/mol. The minimum atomic E-state index is 0.363. The van der Waals surface area contributed by atoms with Gasteiger partial charge in [-0.25, -0.2) is 0 Å². The molecule has 26 heavy (non-hydrogen) atoms. The van der Waals surface area contributed by atoms with Crippen molar-refractivity contribution in [3.05, 3.63) is 0 Å². The fourth-order valence-corrected chi connectivity index (χ4v) is 3.87. The van der Waals surface area contributed by atoms with Crippen LogP contribution in [-0.2, 0) is 9.47 Å². The van der Waals surface area contributed by atoms with Crippen LogP contribution in [0.1, 0.15) is 122 Å². The molecule has 0 aromatic rings. The molecular formula is C23H46O3. The molecule has 0 unspecified atom stereocenters. The molecule has 1 aliphatic carbocycles. The van der Waals surface area contributed by atoms with Crippen molar-refractivity contribution in [3.8, 4) is 0 Å². The van der Waals surface area contributed by atoms with Gasteiger partial charge in [-0.2, -0.15) is 0 Å². The molecule has 0 aromatic carbocycles. The van der Waals surface area contributed by atoms with Gasteiger partial charge < -0.3 is 14.6 Å². The first kappa shape index (κ1) is 23.9. The van der Waals surface area contributed by atoms with Gasteiger partial charge in [0.1, 0.15) is 6.79 Å². The van der Waals surface area contributed by atoms with Gasteiger partial charge in [-0.15, -0.1) is 0 Å². The van der Waals surface area contributed by atoms with Crippen molar-refractivity contribution < 1.29 is 14.6 Å². The highest BCUT2D eigenvalue weighted by Gasteiger charge is 2.13. The monoisotopic (exact) mass is 370 g/mol. The highest BCUT2D eigenvalue weighted by atomic mass is 16.7. The molecule has 1 fully saturated rings. The maximum absolute atomic E-state index is 8.73. The van der Waals surface area contributed by atoms with Crippen LogP contribution >= 0.6 is 0 Å². The summed E-state index contributed by atoms with van der Waals surface area (Å²) in [6.07, 6.45) is 25.5. The molecule has 1 saturated carbocycles. The number of unbranched alkanes of at least 4 members (excludes halogenated alkanes) is 13. The molecule has 0 aromatic heterocycles. The van der Waals surface area contributed by atoms with Gasteiger partial charge in [0.15, 0.2) is 0 Å². The van der Waals surface area contributed by atoms with E-state index in [9.17, 15) is 0 Å². The van der Waals surface area contributed by atoms with E-state index in [4.69, 9.17) is 14.6 Å². The van der Waals surface area contributed by atoms with Gasteiger partial charge in [-0.3, -0.25) is 0 Å². The van der Waals surface area contributed by atoms with Crippen molar-refractivity contribution in [2.24, 2.45) is 0 Å². The number of aliphatic hydroxyl groups excluding tert-OH is 1. The Balaban J connectivity index is 1.65. The molecule has 3 nitrogen and oxygen atoms in total. The summed E-state index contributed by atoms with van der Waals surface area (Å²) in [7, 11) is 0. The summed E-state index contributed by atoms with van der Waals surface area (Å²) in [5.74, 6) is 0. The molecule has 0 amide bonds. The van der Waals surface area contributed by atoms with Crippen LogP contribution in [-0.4, -0.2) is 31.2 Å². The first-order chi connectivity index (χ1) is 12.9. The van der Waals surface area contributed by atoms with Crippen LogP contribution in [0.3, 0.4) is 0 Å². The number of hydrogen-bond acceptors (Lipinski definition) is 3. The fourth-order valence-electron chi connectivity index (χ4n) is 3.87. The molecule has 0 aliphatic heterocycles. The van der Waals surface area contributed by atoms with E-state index in [1.165, 1.54) is 116 Å². The first-order valence-electron chi connectivity index (χ1n) is 11.7. The number of ether oxygens (including phenoxy) is 2. The highest BCUT2D eigenvalue weighted by Crippen LogP contribution is 2.20. The Morgan fingerprint density at radius 1 is 0.577 bits per heavy atom. The third-order valence-corrected chi connectivity index (χ3v) is 5.64. The molecule has 3 heteroatoms. The van der Waals surface area contributed by atoms with Crippen molar-refractivity contribution in [3.63, 3.8) is 0 Å². The lowest BCUT2D eigenvalue weighted by Crippen LogP contribution is -2.18. The summed E-state index contributed by atoms with van der Waals surface area (Å²) in [6, 6.07) is 0. The van der Waals surface area contributed by atoms with Crippen LogP contribution in [0.4, 0.5) is 0 Å². The Bertz CT molecular complexity index is 264. The number of hydrogen-bond donors (Lipinski definition) is 1. The van der Waals surface area contributed by atoms with Crippen LogP contribution in [0, 0.1) is 0 Å². The number of aliphatic hydroxyl groups is 1. The molecule has 156 valence electrons. The molecule has 0 radical (unpaired) electrons. The molecule has 0 heterocycles. The lowest BCUT2D eigenvalue weighted by Gasteiger charge is -2.21. The Kier molecular flexibility index (Phi) is 18.1. The first-order valence-corrected chi connectivity index (χ1v) is 11.7. The van der Waals surface area contributed by atoms with Crippen LogP contribution in [0.5, 0.6) is 0 Å². The standard InChI is InChI=1S/C23H46O3/c24-20-16-11-9-7-5-3-1-2-4-6-8-10-12-17-21-25-22-26-23-18-14-13-15-19-23/h23-24H,1-22H2. The van der Waals surface area contributed by atoms with Gasteiger partial charge in [0.2, 0.25) is 0 Å². The predicted molar refractivity (Wildman–Crippen MR) is 111 cm³/mol. The van der Waals surface area contributed by atoms with Crippen LogP contribution in [0.25, 0.3) is 0 Å². The third-order valence-electron chi connectivity index (χ3n) is 5.64. The summed E-state index contributed by atoms with van der Waals surface area (Å²) in [5, 5.41) is 8.73. The zero-order valence-electron chi connectivity index (χ0n) is 17.4. The van der Waals surface area contributed by atoms with Crippen molar-refractivity contribution in [2.45, 2.75) is 128 Å². The zero-order chi connectivity index (χ0) is 18.5. The zero-order valence-corrected chi connectivity index (χ0v) is 17.4. The summed E-state index contributed by atoms with van der Waals surface area (Å²) in [6.45, 7) is 1.74. The minimum Gasteiger partial charge on any atom is -0.396 e. The molecule has 0 bridgehead atoms. The maximum atomic E-state index is 8.73. The van der Waals surface area contributed by atoms with Gasteiger partial charge >= 0.3 is 0 Å². The smallest absolute Gasteiger partial charge is 0.147 e. The largest absolute Gasteiger partial charge is 0.396 e. The van der Waals surface area contributed by atoms with Crippen molar-refractivity contribution in [1.82, 2.24) is 0 Å². The summed E-state index contributed by atoms with van der Waals surface area (Å²) in [5.41, 5.74) is 0. The second-order valence-electron chi connectivity index (χ2n) is 8.13. The lowest BCUT2D eigenvalue weighted by molar-refractivity contribution is -0.0988. The maximum Gasteiger partial charge on any atom is 0.147 e. The molecule has 0 spiro atoms. The van der Waals surface area contributed by atoms with Crippen LogP contribution in [0.15, 0.2) is 0 Å². The van der Waals surface area contributed by atoms with E-state index in [2.05, 4.69) is 0 Å². The van der Waals surface area contributed by atoms with Crippen LogP contribution < -0.4 is 0 Å². The van der Waals surface area contributed by atoms with Gasteiger partial charge in [0.05, 0.1) is 6.10 Å². The number of rotatable bonds is 19. The molecule has 1 N–H and O–H groups in total. The van der Waals surface area contributed by atoms with Gasteiger partial charge in [0, 0.05) is 13.2 Å². The second kappa shape index (κ2) is 19.6. The second-order valence-corrected chi connectivity index (χ2v) is 8.13. The van der Waals surface area contributed by atoms with E-state index in [1.54, 1.807) is 0 Å². The predicted octanol–water partition coefficient (Wildman–Crippen LogP) is 6.76. The quantitative estimate of drug-likeness (QED) is 0.201. The molecule has 1 aliphatic rings. The molecule has 0 atom stereocenters.